The van der Waals surface area contributed by atoms with Crippen molar-refractivity contribution in [2.24, 2.45) is 0 Å². The largest absolute Gasteiger partial charge is 0.334 e. The van der Waals surface area contributed by atoms with Crippen molar-refractivity contribution in [3.63, 3.8) is 0 Å². The zero-order valence-electron chi connectivity index (χ0n) is 11.0. The number of hydrogen-bond acceptors (Lipinski definition) is 2. The van der Waals surface area contributed by atoms with Gasteiger partial charge in [-0.25, -0.2) is 0 Å². The molecule has 0 saturated carbocycles. The van der Waals surface area contributed by atoms with Gasteiger partial charge in [0, 0.05) is 27.2 Å². The van der Waals surface area contributed by atoms with Crippen LogP contribution in [0.3, 0.4) is 0 Å². The molecule has 1 heterocycles. The Labute approximate surface area is 136 Å². The third-order valence-corrected chi connectivity index (χ3v) is 4.79. The second-order valence-electron chi connectivity index (χ2n) is 4.77. The lowest BCUT2D eigenvalue weighted by Gasteiger charge is -2.28. The van der Waals surface area contributed by atoms with Crippen molar-refractivity contribution in [1.82, 2.24) is 10.2 Å². The van der Waals surface area contributed by atoms with Gasteiger partial charge in [-0.05, 0) is 60.2 Å². The Balaban J connectivity index is 2.25. The number of nitrogens with zero attached hydrogens (tertiary/aromatic N) is 1. The molecule has 1 fully saturated rings. The molecule has 2 rings (SSSR count). The molecular weight excluding hydrogens is 419 g/mol. The molecule has 1 amide bonds. The van der Waals surface area contributed by atoms with E-state index in [-0.39, 0.29) is 5.91 Å². The second kappa shape index (κ2) is 7.04. The van der Waals surface area contributed by atoms with Crippen molar-refractivity contribution >= 4 is 44.4 Å². The summed E-state index contributed by atoms with van der Waals surface area (Å²) in [6.07, 6.45) is 2.04. The van der Waals surface area contributed by atoms with Crippen molar-refractivity contribution in [1.29, 1.82) is 0 Å². The summed E-state index contributed by atoms with van der Waals surface area (Å²) in [5, 5.41) is 3.34. The van der Waals surface area contributed by atoms with Gasteiger partial charge in [0.05, 0.1) is 5.56 Å². The molecular formula is C14H18BrIN2O. The van der Waals surface area contributed by atoms with E-state index in [1.165, 1.54) is 0 Å². The lowest BCUT2D eigenvalue weighted by atomic mass is 10.1. The van der Waals surface area contributed by atoms with Crippen LogP contribution < -0.4 is 5.32 Å². The molecule has 1 unspecified atom stereocenters. The highest BCUT2D eigenvalue weighted by atomic mass is 127. The van der Waals surface area contributed by atoms with Crippen LogP contribution in [0.2, 0.25) is 0 Å². The molecule has 0 spiro atoms. The lowest BCUT2D eigenvalue weighted by Crippen LogP contribution is -2.42. The zero-order chi connectivity index (χ0) is 13.8. The first kappa shape index (κ1) is 15.3. The van der Waals surface area contributed by atoms with Gasteiger partial charge >= 0.3 is 0 Å². The fourth-order valence-electron chi connectivity index (χ4n) is 2.41. The number of halogens is 2. The summed E-state index contributed by atoms with van der Waals surface area (Å²) >= 11 is 5.68. The Morgan fingerprint density at radius 2 is 2.37 bits per heavy atom. The third kappa shape index (κ3) is 3.70. The van der Waals surface area contributed by atoms with E-state index in [1.807, 2.05) is 23.1 Å². The molecule has 1 atom stereocenters. The van der Waals surface area contributed by atoms with Crippen molar-refractivity contribution < 1.29 is 4.79 Å². The minimum Gasteiger partial charge on any atom is -0.334 e. The Morgan fingerprint density at radius 3 is 3.00 bits per heavy atom. The standard InChI is InChI=1S/C14H18BrIN2O/c1-2-7-18(11-5-6-17-9-11)14(19)12-8-10(15)3-4-13(12)16/h3-4,8,11,17H,2,5-7,9H2,1H3. The molecule has 0 radical (unpaired) electrons. The zero-order valence-corrected chi connectivity index (χ0v) is 14.7. The molecule has 0 aliphatic carbocycles. The topological polar surface area (TPSA) is 32.3 Å². The van der Waals surface area contributed by atoms with Gasteiger partial charge in [0.1, 0.15) is 0 Å². The molecule has 19 heavy (non-hydrogen) atoms. The van der Waals surface area contributed by atoms with Crippen molar-refractivity contribution in [3.8, 4) is 0 Å². The van der Waals surface area contributed by atoms with Crippen LogP contribution in [-0.2, 0) is 0 Å². The van der Waals surface area contributed by atoms with Crippen LogP contribution in [0.1, 0.15) is 30.1 Å². The van der Waals surface area contributed by atoms with Crippen LogP contribution in [0, 0.1) is 3.57 Å². The number of carbonyl (C=O) groups is 1. The summed E-state index contributed by atoms with van der Waals surface area (Å²) < 4.78 is 1.97. The SMILES string of the molecule is CCCN(C(=O)c1cc(Br)ccc1I)C1CCNC1. The van der Waals surface area contributed by atoms with E-state index < -0.39 is 0 Å². The summed E-state index contributed by atoms with van der Waals surface area (Å²) in [5.41, 5.74) is 0.801. The molecule has 5 heteroatoms. The van der Waals surface area contributed by atoms with Crippen molar-refractivity contribution in [2.45, 2.75) is 25.8 Å². The van der Waals surface area contributed by atoms with Crippen molar-refractivity contribution in [3.05, 3.63) is 31.8 Å². The van der Waals surface area contributed by atoms with Crippen molar-refractivity contribution in [2.75, 3.05) is 19.6 Å². The molecule has 1 N–H and O–H groups in total. The van der Waals surface area contributed by atoms with Gasteiger partial charge in [-0.3, -0.25) is 4.79 Å². The summed E-state index contributed by atoms with van der Waals surface area (Å²) in [4.78, 5) is 14.8. The van der Waals surface area contributed by atoms with Gasteiger partial charge in [0.25, 0.3) is 5.91 Å². The molecule has 1 saturated heterocycles. The maximum absolute atomic E-state index is 12.8. The Bertz CT molecular complexity index is 461. The number of hydrogen-bond donors (Lipinski definition) is 1. The molecule has 0 bridgehead atoms. The van der Waals surface area contributed by atoms with Gasteiger partial charge in [0.15, 0.2) is 0 Å². The van der Waals surface area contributed by atoms with E-state index in [9.17, 15) is 4.79 Å². The summed E-state index contributed by atoms with van der Waals surface area (Å²) in [6.45, 7) is 4.87. The van der Waals surface area contributed by atoms with Crippen LogP contribution in [0.15, 0.2) is 22.7 Å². The average molecular weight is 437 g/mol. The monoisotopic (exact) mass is 436 g/mol. The normalized spacial score (nSPS) is 18.6. The molecule has 1 aromatic carbocycles. The minimum atomic E-state index is 0.154. The maximum Gasteiger partial charge on any atom is 0.255 e. The Morgan fingerprint density at radius 1 is 1.58 bits per heavy atom. The van der Waals surface area contributed by atoms with E-state index in [0.717, 1.165) is 46.1 Å². The second-order valence-corrected chi connectivity index (χ2v) is 6.85. The first-order chi connectivity index (χ1) is 9.13. The first-order valence-electron chi connectivity index (χ1n) is 6.60. The predicted molar refractivity (Wildman–Crippen MR) is 89.5 cm³/mol. The van der Waals surface area contributed by atoms with E-state index in [1.54, 1.807) is 0 Å². The van der Waals surface area contributed by atoms with E-state index in [2.05, 4.69) is 50.8 Å². The van der Waals surface area contributed by atoms with E-state index >= 15 is 0 Å². The Hall–Kier alpha value is -0.140. The number of benzene rings is 1. The van der Waals surface area contributed by atoms with Crippen LogP contribution in [0.5, 0.6) is 0 Å². The smallest absolute Gasteiger partial charge is 0.255 e. The highest BCUT2D eigenvalue weighted by molar-refractivity contribution is 14.1. The summed E-state index contributed by atoms with van der Waals surface area (Å²) in [5.74, 6) is 0.154. The van der Waals surface area contributed by atoms with Crippen LogP contribution in [-0.4, -0.2) is 36.5 Å². The van der Waals surface area contributed by atoms with Crippen LogP contribution >= 0.6 is 38.5 Å². The number of nitrogens with one attached hydrogen (secondary N) is 1. The fourth-order valence-corrected chi connectivity index (χ4v) is 3.34. The number of amides is 1. The van der Waals surface area contributed by atoms with Gasteiger partial charge in [-0.2, -0.15) is 0 Å². The molecule has 0 aromatic heterocycles. The molecule has 1 aromatic rings. The van der Waals surface area contributed by atoms with Gasteiger partial charge < -0.3 is 10.2 Å². The third-order valence-electron chi connectivity index (χ3n) is 3.36. The molecule has 1 aliphatic rings. The van der Waals surface area contributed by atoms with Gasteiger partial charge in [0.2, 0.25) is 0 Å². The van der Waals surface area contributed by atoms with E-state index in [4.69, 9.17) is 0 Å². The summed E-state index contributed by atoms with van der Waals surface area (Å²) in [6, 6.07) is 6.21. The highest BCUT2D eigenvalue weighted by Gasteiger charge is 2.27. The lowest BCUT2D eigenvalue weighted by molar-refractivity contribution is 0.0691. The highest BCUT2D eigenvalue weighted by Crippen LogP contribution is 2.22. The number of rotatable bonds is 4. The fraction of sp³-hybridized carbons (Fsp3) is 0.500. The van der Waals surface area contributed by atoms with E-state index in [0.29, 0.717) is 6.04 Å². The summed E-state index contributed by atoms with van der Waals surface area (Å²) in [7, 11) is 0. The van der Waals surface area contributed by atoms with Crippen LogP contribution in [0.4, 0.5) is 0 Å². The predicted octanol–water partition coefficient (Wildman–Crippen LogP) is 3.27. The van der Waals surface area contributed by atoms with Gasteiger partial charge in [-0.1, -0.05) is 22.9 Å². The number of carbonyl (C=O) groups excluding carboxylic acids is 1. The quantitative estimate of drug-likeness (QED) is 0.734. The maximum atomic E-state index is 12.8. The first-order valence-corrected chi connectivity index (χ1v) is 8.47. The van der Waals surface area contributed by atoms with Crippen LogP contribution in [0.25, 0.3) is 0 Å². The average Bonchev–Trinajstić information content (AvgIpc) is 2.92. The molecule has 1 aliphatic heterocycles. The van der Waals surface area contributed by atoms with Gasteiger partial charge in [-0.15, -0.1) is 0 Å². The Kier molecular flexibility index (Phi) is 5.65. The molecule has 104 valence electrons. The molecule has 3 nitrogen and oxygen atoms in total. The minimum absolute atomic E-state index is 0.154.